The highest BCUT2D eigenvalue weighted by atomic mass is 16.5. The van der Waals surface area contributed by atoms with Gasteiger partial charge in [0, 0.05) is 6.54 Å². The molecule has 0 spiro atoms. The van der Waals surface area contributed by atoms with Crippen molar-refractivity contribution in [3.63, 3.8) is 0 Å². The molecule has 15 heavy (non-hydrogen) atoms. The van der Waals surface area contributed by atoms with Gasteiger partial charge in [-0.25, -0.2) is 0 Å². The maximum absolute atomic E-state index is 4.65. The number of benzene rings is 1. The second-order valence-corrected chi connectivity index (χ2v) is 3.58. The lowest BCUT2D eigenvalue weighted by Crippen LogP contribution is -2.23. The Bertz CT molecular complexity index is 305. The Morgan fingerprint density at radius 2 is 2.07 bits per heavy atom. The van der Waals surface area contributed by atoms with Crippen molar-refractivity contribution in [2.45, 2.75) is 13.0 Å². The van der Waals surface area contributed by atoms with Crippen LogP contribution in [0.2, 0.25) is 0 Å². The normalized spacial score (nSPS) is 17.3. The van der Waals surface area contributed by atoms with Crippen LogP contribution in [0.1, 0.15) is 11.1 Å². The third-order valence-electron chi connectivity index (χ3n) is 2.49. The molecule has 0 bridgehead atoms. The van der Waals surface area contributed by atoms with Gasteiger partial charge in [-0.2, -0.15) is 0 Å². The summed E-state index contributed by atoms with van der Waals surface area (Å²) in [5, 5.41) is 3.34. The van der Waals surface area contributed by atoms with Crippen LogP contribution in [0.15, 0.2) is 29.3 Å². The minimum absolute atomic E-state index is 0.778. The van der Waals surface area contributed by atoms with E-state index in [1.165, 1.54) is 23.9 Å². The second kappa shape index (κ2) is 5.51. The van der Waals surface area contributed by atoms with Crippen molar-refractivity contribution < 1.29 is 4.74 Å². The predicted molar refractivity (Wildman–Crippen MR) is 61.2 cm³/mol. The molecule has 1 aromatic rings. The number of nitrogens with zero attached hydrogens (tertiary/aromatic N) is 1. The summed E-state index contributed by atoms with van der Waals surface area (Å²) in [5.74, 6) is 0. The third-order valence-corrected chi connectivity index (χ3v) is 2.49. The number of aliphatic imine (C=N–C) groups is 1. The van der Waals surface area contributed by atoms with Gasteiger partial charge in [0.25, 0.3) is 0 Å². The Morgan fingerprint density at radius 3 is 2.67 bits per heavy atom. The zero-order valence-corrected chi connectivity index (χ0v) is 8.78. The van der Waals surface area contributed by atoms with Crippen molar-refractivity contribution >= 4 is 6.40 Å². The minimum atomic E-state index is 0.778. The molecule has 2 heterocycles. The molecular weight excluding hydrogens is 188 g/mol. The Hall–Kier alpha value is -1.35. The fourth-order valence-electron chi connectivity index (χ4n) is 1.68. The van der Waals surface area contributed by atoms with Crippen LogP contribution in [0.25, 0.3) is 0 Å². The Kier molecular flexibility index (Phi) is 3.74. The topological polar surface area (TPSA) is 33.6 Å². The predicted octanol–water partition coefficient (Wildman–Crippen LogP) is 1.38. The maximum Gasteiger partial charge on any atom is 0.169 e. The monoisotopic (exact) mass is 204 g/mol. The minimum Gasteiger partial charge on any atom is -0.482 e. The van der Waals surface area contributed by atoms with E-state index in [9.17, 15) is 0 Å². The third kappa shape index (κ3) is 3.06. The highest BCUT2D eigenvalue weighted by Gasteiger charge is 2.05. The van der Waals surface area contributed by atoms with Crippen molar-refractivity contribution in [2.75, 3.05) is 19.7 Å². The highest BCUT2D eigenvalue weighted by molar-refractivity contribution is 5.47. The first-order valence-electron chi connectivity index (χ1n) is 5.34. The molecule has 0 saturated carbocycles. The van der Waals surface area contributed by atoms with Gasteiger partial charge in [-0.1, -0.05) is 24.3 Å². The van der Waals surface area contributed by atoms with Gasteiger partial charge in [-0.3, -0.25) is 4.99 Å². The molecule has 0 atom stereocenters. The molecule has 0 aromatic heterocycles. The molecule has 3 rings (SSSR count). The molecule has 0 amide bonds. The van der Waals surface area contributed by atoms with Crippen LogP contribution in [0.4, 0.5) is 0 Å². The van der Waals surface area contributed by atoms with Gasteiger partial charge in [-0.15, -0.1) is 0 Å². The number of fused-ring (bicyclic) bond motifs is 1. The first-order chi connectivity index (χ1) is 7.47. The fourth-order valence-corrected chi connectivity index (χ4v) is 1.68. The first kappa shape index (κ1) is 10.2. The summed E-state index contributed by atoms with van der Waals surface area (Å²) < 4.78 is 4.65. The van der Waals surface area contributed by atoms with E-state index in [1.807, 2.05) is 0 Å². The van der Waals surface area contributed by atoms with Crippen LogP contribution in [0.3, 0.4) is 0 Å². The zero-order chi connectivity index (χ0) is 10.3. The Labute approximate surface area is 90.2 Å². The number of ether oxygens (including phenoxy) is 1. The molecule has 2 aliphatic heterocycles. The van der Waals surface area contributed by atoms with Crippen LogP contribution < -0.4 is 5.32 Å². The van der Waals surface area contributed by atoms with E-state index in [0.717, 1.165) is 26.2 Å². The average Bonchev–Trinajstić information content (AvgIpc) is 2.88. The van der Waals surface area contributed by atoms with Crippen molar-refractivity contribution in [3.05, 3.63) is 35.4 Å². The lowest BCUT2D eigenvalue weighted by Gasteiger charge is -2.15. The first-order valence-corrected chi connectivity index (χ1v) is 5.34. The smallest absolute Gasteiger partial charge is 0.169 e. The summed E-state index contributed by atoms with van der Waals surface area (Å²) in [6.45, 7) is 3.81. The molecule has 0 unspecified atom stereocenters. The number of hydrogen-bond acceptors (Lipinski definition) is 3. The summed E-state index contributed by atoms with van der Waals surface area (Å²) in [5.41, 5.74) is 2.98. The molecule has 3 heteroatoms. The van der Waals surface area contributed by atoms with E-state index >= 15 is 0 Å². The summed E-state index contributed by atoms with van der Waals surface area (Å²) in [7, 11) is 0. The van der Waals surface area contributed by atoms with E-state index in [-0.39, 0.29) is 0 Å². The number of nitrogens with one attached hydrogen (secondary N) is 1. The van der Waals surface area contributed by atoms with Gasteiger partial charge in [0.1, 0.15) is 6.61 Å². The standard InChI is InChI=1S/C9H11N.C3H5NO/c1-2-4-9-7-10-6-5-8(9)3-1;1-2-5-3-4-1/h1-4,10H,5-7H2;3H,1-2H2. The molecule has 80 valence electrons. The van der Waals surface area contributed by atoms with Crippen LogP contribution in [-0.2, 0) is 17.7 Å². The van der Waals surface area contributed by atoms with Gasteiger partial charge in [0.15, 0.2) is 6.40 Å². The summed E-state index contributed by atoms with van der Waals surface area (Å²) in [6, 6.07) is 8.63. The molecule has 2 aliphatic rings. The largest absolute Gasteiger partial charge is 0.482 e. The van der Waals surface area contributed by atoms with Crippen LogP contribution in [-0.4, -0.2) is 26.1 Å². The van der Waals surface area contributed by atoms with E-state index in [4.69, 9.17) is 0 Å². The van der Waals surface area contributed by atoms with Crippen LogP contribution in [0.5, 0.6) is 0 Å². The van der Waals surface area contributed by atoms with E-state index in [1.54, 1.807) is 0 Å². The van der Waals surface area contributed by atoms with E-state index in [0.29, 0.717) is 0 Å². The maximum atomic E-state index is 4.65. The van der Waals surface area contributed by atoms with Gasteiger partial charge >= 0.3 is 0 Å². The quantitative estimate of drug-likeness (QED) is 0.692. The SMILES string of the molecule is C1=NCCO1.c1ccc2c(c1)CCNC2. The lowest BCUT2D eigenvalue weighted by atomic mass is 10.0. The summed E-state index contributed by atoms with van der Waals surface area (Å²) in [4.78, 5) is 3.74. The van der Waals surface area contributed by atoms with E-state index in [2.05, 4.69) is 39.3 Å². The molecule has 1 aromatic carbocycles. The summed E-state index contributed by atoms with van der Waals surface area (Å²) >= 11 is 0. The van der Waals surface area contributed by atoms with Crippen molar-refractivity contribution in [3.8, 4) is 0 Å². The van der Waals surface area contributed by atoms with E-state index < -0.39 is 0 Å². The highest BCUT2D eigenvalue weighted by Crippen LogP contribution is 2.11. The molecule has 0 saturated heterocycles. The van der Waals surface area contributed by atoms with Crippen molar-refractivity contribution in [1.29, 1.82) is 0 Å². The van der Waals surface area contributed by atoms with Crippen LogP contribution >= 0.6 is 0 Å². The van der Waals surface area contributed by atoms with Gasteiger partial charge < -0.3 is 10.1 Å². The Morgan fingerprint density at radius 1 is 1.20 bits per heavy atom. The van der Waals surface area contributed by atoms with Gasteiger partial charge in [0.05, 0.1) is 6.54 Å². The second-order valence-electron chi connectivity index (χ2n) is 3.58. The average molecular weight is 204 g/mol. The molecule has 0 fully saturated rings. The molecule has 0 radical (unpaired) electrons. The molecule has 0 aliphatic carbocycles. The van der Waals surface area contributed by atoms with Crippen molar-refractivity contribution in [2.24, 2.45) is 4.99 Å². The van der Waals surface area contributed by atoms with Gasteiger partial charge in [-0.05, 0) is 24.1 Å². The summed E-state index contributed by atoms with van der Waals surface area (Å²) in [6.07, 6.45) is 2.68. The zero-order valence-electron chi connectivity index (χ0n) is 8.78. The molecule has 3 nitrogen and oxygen atoms in total. The molecule has 1 N–H and O–H groups in total. The van der Waals surface area contributed by atoms with Gasteiger partial charge in [0.2, 0.25) is 0 Å². The Balaban J connectivity index is 0.000000144. The van der Waals surface area contributed by atoms with Crippen molar-refractivity contribution in [1.82, 2.24) is 5.32 Å². The lowest BCUT2D eigenvalue weighted by molar-refractivity contribution is 0.361. The van der Waals surface area contributed by atoms with Crippen LogP contribution in [0, 0.1) is 0 Å². The number of hydrogen-bond donors (Lipinski definition) is 1. The number of rotatable bonds is 0. The molecular formula is C12H16N2O. The fraction of sp³-hybridized carbons (Fsp3) is 0.417.